The van der Waals surface area contributed by atoms with Crippen LogP contribution in [-0.4, -0.2) is 63.9 Å². The molecule has 3 heterocycles. The van der Waals surface area contributed by atoms with Crippen LogP contribution in [-0.2, 0) is 32.0 Å². The third-order valence-electron chi connectivity index (χ3n) is 7.15. The number of hydrogen-bond acceptors (Lipinski definition) is 6. The van der Waals surface area contributed by atoms with Gasteiger partial charge in [-0.2, -0.15) is 0 Å². The molecule has 0 bridgehead atoms. The number of hydrogen-bond donors (Lipinski definition) is 3. The van der Waals surface area contributed by atoms with Gasteiger partial charge in [-0.1, -0.05) is 24.3 Å². The number of piperidine rings is 1. The number of ether oxygens (including phenoxy) is 1. The lowest BCUT2D eigenvalue weighted by atomic mass is 9.75. The number of benzene rings is 1. The molecule has 1 saturated heterocycles. The van der Waals surface area contributed by atoms with Gasteiger partial charge in [0.2, 0.25) is 11.8 Å². The molecule has 0 aliphatic carbocycles. The van der Waals surface area contributed by atoms with Crippen LogP contribution >= 0.6 is 0 Å². The summed E-state index contributed by atoms with van der Waals surface area (Å²) in [6.07, 6.45) is 7.24. The molecule has 0 radical (unpaired) electrons. The first-order valence-electron chi connectivity index (χ1n) is 13.1. The number of pyridine rings is 1. The van der Waals surface area contributed by atoms with Crippen LogP contribution in [0, 0.1) is 5.41 Å². The van der Waals surface area contributed by atoms with Crippen LogP contribution in [0.3, 0.4) is 0 Å². The Kier molecular flexibility index (Phi) is 8.16. The highest BCUT2D eigenvalue weighted by Gasteiger charge is 2.46. The van der Waals surface area contributed by atoms with Crippen LogP contribution in [0.15, 0.2) is 55.0 Å². The summed E-state index contributed by atoms with van der Waals surface area (Å²) in [5, 5.41) is 3.88. The van der Waals surface area contributed by atoms with Crippen molar-refractivity contribution in [3.63, 3.8) is 0 Å². The number of nitrogens with zero attached hydrogens (tertiary/aromatic N) is 2. The van der Waals surface area contributed by atoms with Gasteiger partial charge >= 0.3 is 5.97 Å². The molecule has 2 aromatic heterocycles. The van der Waals surface area contributed by atoms with E-state index in [0.717, 1.165) is 22.0 Å². The largest absolute Gasteiger partial charge is 0.466 e. The van der Waals surface area contributed by atoms with Crippen molar-refractivity contribution in [1.29, 1.82) is 0 Å². The Morgan fingerprint density at radius 3 is 2.74 bits per heavy atom. The number of aromatic nitrogens is 2. The molecule has 4 rings (SSSR count). The molecule has 9 heteroatoms. The number of carbonyl (C=O) groups excluding carboxylic acids is 3. The number of aromatic amines is 1. The number of esters is 1. The first-order chi connectivity index (χ1) is 18.1. The summed E-state index contributed by atoms with van der Waals surface area (Å²) < 4.78 is 5.50. The average molecular weight is 520 g/mol. The quantitative estimate of drug-likeness (QED) is 0.373. The zero-order chi connectivity index (χ0) is 27.3. The molecule has 1 fully saturated rings. The second kappa shape index (κ2) is 11.3. The van der Waals surface area contributed by atoms with Crippen LogP contribution in [0.2, 0.25) is 0 Å². The predicted octanol–water partition coefficient (Wildman–Crippen LogP) is 2.74. The van der Waals surface area contributed by atoms with E-state index in [2.05, 4.69) is 15.3 Å². The van der Waals surface area contributed by atoms with Crippen LogP contribution < -0.4 is 11.1 Å². The minimum absolute atomic E-state index is 0.200. The molecule has 4 N–H and O–H groups in total. The zero-order valence-electron chi connectivity index (χ0n) is 22.3. The molecule has 2 atom stereocenters. The molecule has 202 valence electrons. The number of nitrogens with two attached hydrogens (primary N) is 1. The number of fused-ring (bicyclic) bond motifs is 1. The summed E-state index contributed by atoms with van der Waals surface area (Å²) >= 11 is 0. The van der Waals surface area contributed by atoms with Crippen LogP contribution in [0.4, 0.5) is 0 Å². The fourth-order valence-electron chi connectivity index (χ4n) is 5.17. The Balaban J connectivity index is 1.63. The van der Waals surface area contributed by atoms with Gasteiger partial charge in [0.05, 0.1) is 17.6 Å². The van der Waals surface area contributed by atoms with Crippen molar-refractivity contribution in [1.82, 2.24) is 20.2 Å². The maximum atomic E-state index is 14.0. The fraction of sp³-hybridized carbons (Fsp3) is 0.448. The minimum atomic E-state index is -1.16. The zero-order valence-corrected chi connectivity index (χ0v) is 22.3. The number of likely N-dealkylation sites (tertiary alicyclic amines) is 1. The Bertz CT molecular complexity index is 1280. The number of rotatable bonds is 9. The van der Waals surface area contributed by atoms with E-state index >= 15 is 0 Å². The van der Waals surface area contributed by atoms with Crippen molar-refractivity contribution in [2.24, 2.45) is 11.1 Å². The molecule has 1 aliphatic heterocycles. The first kappa shape index (κ1) is 27.3. The summed E-state index contributed by atoms with van der Waals surface area (Å²) in [5.74, 6) is -0.978. The van der Waals surface area contributed by atoms with Gasteiger partial charge in [-0.25, -0.2) is 0 Å². The molecule has 0 saturated carbocycles. The molecule has 2 amide bonds. The highest BCUT2D eigenvalue weighted by Crippen LogP contribution is 2.36. The second-order valence-electron chi connectivity index (χ2n) is 10.7. The maximum Gasteiger partial charge on any atom is 0.314 e. The lowest BCUT2D eigenvalue weighted by Crippen LogP contribution is -2.59. The van der Waals surface area contributed by atoms with Gasteiger partial charge in [0.15, 0.2) is 0 Å². The van der Waals surface area contributed by atoms with E-state index in [0.29, 0.717) is 25.8 Å². The van der Waals surface area contributed by atoms with E-state index in [1.54, 1.807) is 38.1 Å². The second-order valence-corrected chi connectivity index (χ2v) is 10.7. The maximum absolute atomic E-state index is 14.0. The van der Waals surface area contributed by atoms with E-state index in [-0.39, 0.29) is 31.4 Å². The minimum Gasteiger partial charge on any atom is -0.466 e. The Morgan fingerprint density at radius 1 is 1.24 bits per heavy atom. The monoisotopic (exact) mass is 519 g/mol. The summed E-state index contributed by atoms with van der Waals surface area (Å²) in [6, 6.07) is 10.7. The smallest absolute Gasteiger partial charge is 0.314 e. The molecular weight excluding hydrogens is 482 g/mol. The van der Waals surface area contributed by atoms with Crippen LogP contribution in [0.25, 0.3) is 10.9 Å². The van der Waals surface area contributed by atoms with E-state index in [1.165, 1.54) is 0 Å². The summed E-state index contributed by atoms with van der Waals surface area (Å²) in [7, 11) is 0. The van der Waals surface area contributed by atoms with Crippen molar-refractivity contribution in [3.8, 4) is 0 Å². The molecule has 1 aliphatic rings. The van der Waals surface area contributed by atoms with Gasteiger partial charge in [0.25, 0.3) is 0 Å². The van der Waals surface area contributed by atoms with Crippen molar-refractivity contribution in [2.45, 2.75) is 58.0 Å². The van der Waals surface area contributed by atoms with Gasteiger partial charge < -0.3 is 25.7 Å². The predicted molar refractivity (Wildman–Crippen MR) is 145 cm³/mol. The van der Waals surface area contributed by atoms with Crippen molar-refractivity contribution in [2.75, 3.05) is 19.7 Å². The molecule has 9 nitrogen and oxygen atoms in total. The Morgan fingerprint density at radius 2 is 2.03 bits per heavy atom. The van der Waals surface area contributed by atoms with Crippen molar-refractivity contribution >= 4 is 28.7 Å². The normalized spacial score (nSPS) is 18.7. The van der Waals surface area contributed by atoms with E-state index in [4.69, 9.17) is 10.5 Å². The molecule has 3 aromatic rings. The van der Waals surface area contributed by atoms with Gasteiger partial charge in [0.1, 0.15) is 6.04 Å². The van der Waals surface area contributed by atoms with Crippen LogP contribution in [0.5, 0.6) is 0 Å². The SMILES string of the molecule is CCOC(=O)C1(Cc2cccnc2)CCCN(C(=O)[C@@H](Cc2c[nH]c3ccccc23)NC(=O)C(C)(C)N)C1. The Hall–Kier alpha value is -3.72. The molecule has 1 unspecified atom stereocenters. The number of H-pyrrole nitrogens is 1. The van der Waals surface area contributed by atoms with Crippen molar-refractivity contribution in [3.05, 3.63) is 66.1 Å². The highest BCUT2D eigenvalue weighted by atomic mass is 16.5. The third kappa shape index (κ3) is 6.05. The summed E-state index contributed by atoms with van der Waals surface area (Å²) in [4.78, 5) is 49.4. The average Bonchev–Trinajstić information content (AvgIpc) is 3.31. The van der Waals surface area contributed by atoms with Gasteiger partial charge in [-0.15, -0.1) is 0 Å². The van der Waals surface area contributed by atoms with Gasteiger partial charge in [0, 0.05) is 49.0 Å². The first-order valence-corrected chi connectivity index (χ1v) is 13.1. The number of carbonyl (C=O) groups is 3. The molecular formula is C29H37N5O4. The van der Waals surface area contributed by atoms with E-state index in [1.807, 2.05) is 42.6 Å². The lowest BCUT2D eigenvalue weighted by Gasteiger charge is -2.42. The van der Waals surface area contributed by atoms with Crippen molar-refractivity contribution < 1.29 is 19.1 Å². The molecule has 0 spiro atoms. The van der Waals surface area contributed by atoms with Crippen LogP contribution in [0.1, 0.15) is 44.7 Å². The highest BCUT2D eigenvalue weighted by molar-refractivity contribution is 5.93. The third-order valence-corrected chi connectivity index (χ3v) is 7.15. The van der Waals surface area contributed by atoms with E-state index in [9.17, 15) is 14.4 Å². The standard InChI is InChI=1S/C29H37N5O4/c1-4-38-27(37)29(16-20-9-7-13-31-17-20)12-8-14-34(19-29)25(35)24(33-26(36)28(2,3)30)15-21-18-32-23-11-6-5-10-22(21)23/h5-7,9-11,13,17-18,24,32H,4,8,12,14-16,19,30H2,1-3H3,(H,33,36)/t24-,29?/m1/s1. The van der Waals surface area contributed by atoms with Gasteiger partial charge in [-0.3, -0.25) is 19.4 Å². The lowest BCUT2D eigenvalue weighted by molar-refractivity contribution is -0.161. The number of para-hydroxylation sites is 1. The number of amides is 2. The topological polar surface area (TPSA) is 130 Å². The van der Waals surface area contributed by atoms with Gasteiger partial charge in [-0.05, 0) is 63.3 Å². The fourth-order valence-corrected chi connectivity index (χ4v) is 5.17. The summed E-state index contributed by atoms with van der Waals surface area (Å²) in [5.41, 5.74) is 6.79. The molecule has 1 aromatic carbocycles. The summed E-state index contributed by atoms with van der Waals surface area (Å²) in [6.45, 7) is 5.94. The number of nitrogens with one attached hydrogen (secondary N) is 2. The molecule has 38 heavy (non-hydrogen) atoms. The Labute approximate surface area is 223 Å². The van der Waals surface area contributed by atoms with E-state index < -0.39 is 22.9 Å².